The Morgan fingerprint density at radius 2 is 1.60 bits per heavy atom. The monoisotopic (exact) mass is 605 g/mol. The summed E-state index contributed by atoms with van der Waals surface area (Å²) >= 11 is 0.962. The van der Waals surface area contributed by atoms with Gasteiger partial charge < -0.3 is 20.1 Å². The summed E-state index contributed by atoms with van der Waals surface area (Å²) in [5.41, 5.74) is -0.0648. The van der Waals surface area contributed by atoms with Gasteiger partial charge in [0.25, 0.3) is 0 Å². The first-order valence-electron chi connectivity index (χ1n) is 11.8. The quantitative estimate of drug-likeness (QED) is 0.357. The summed E-state index contributed by atoms with van der Waals surface area (Å²) in [4.78, 5) is 1.71. The highest BCUT2D eigenvalue weighted by Gasteiger charge is 2.43. The van der Waals surface area contributed by atoms with Gasteiger partial charge in [-0.25, -0.2) is 13.1 Å². The molecule has 1 saturated heterocycles. The highest BCUT2D eigenvalue weighted by atomic mass is 32.2. The minimum absolute atomic E-state index is 0.00809. The predicted octanol–water partition coefficient (Wildman–Crippen LogP) is 4.89. The molecule has 3 N–H and O–H groups in total. The van der Waals surface area contributed by atoms with Crippen LogP contribution in [0.3, 0.4) is 0 Å². The molecule has 5 rings (SSSR count). The third-order valence-electron chi connectivity index (χ3n) is 6.43. The Morgan fingerprint density at radius 1 is 0.925 bits per heavy atom. The Kier molecular flexibility index (Phi) is 7.46. The summed E-state index contributed by atoms with van der Waals surface area (Å²) in [6.07, 6.45) is -11.0. The number of benzene rings is 3. The van der Waals surface area contributed by atoms with Crippen molar-refractivity contribution in [2.45, 2.75) is 45.4 Å². The smallest absolute Gasteiger partial charge is 0.406 e. The molecule has 3 aromatic carbocycles. The molecule has 0 spiro atoms. The minimum atomic E-state index is -4.95. The van der Waals surface area contributed by atoms with Crippen LogP contribution in [0.5, 0.6) is 5.75 Å². The summed E-state index contributed by atoms with van der Waals surface area (Å²) in [7, 11) is -4.31. The minimum Gasteiger partial charge on any atom is -0.406 e. The number of nitrogens with zero attached hydrogens (tertiary/aromatic N) is 1. The number of para-hydroxylation sites is 1. The van der Waals surface area contributed by atoms with E-state index in [1.165, 1.54) is 12.1 Å². The normalized spacial score (nSPS) is 21.5. The van der Waals surface area contributed by atoms with Crippen LogP contribution in [0.15, 0.2) is 81.4 Å². The van der Waals surface area contributed by atoms with E-state index < -0.39 is 52.1 Å². The zero-order chi connectivity index (χ0) is 28.9. The first-order chi connectivity index (χ1) is 18.7. The number of aliphatic hydroxyl groups excluding tert-OH is 1. The second kappa shape index (κ2) is 10.4. The Labute approximate surface area is 229 Å². The van der Waals surface area contributed by atoms with Gasteiger partial charge in [-0.1, -0.05) is 30.0 Å². The summed E-state index contributed by atoms with van der Waals surface area (Å²) in [6, 6.07) is 12.1. The molecule has 0 aromatic heterocycles. The standard InChI is InChI=1S/C25H21F6N3O4S2/c26-24(27,28)16-4-3-6-19-23(16)39-21-7-2-1-5-18(21)34(19)20-13-32-12-17(22(20)35)33-40(36,37)15-10-8-14(9-11-15)38-25(29,30)31/h1-11,17,20,22,32-33,35H,12-13H2/t17-,20+,22+/m1/s1. The van der Waals surface area contributed by atoms with Crippen LogP contribution in [-0.4, -0.2) is 51.2 Å². The van der Waals surface area contributed by atoms with Crippen LogP contribution in [-0.2, 0) is 16.2 Å². The van der Waals surface area contributed by atoms with E-state index in [0.29, 0.717) is 10.6 Å². The number of hydrogen-bond donors (Lipinski definition) is 3. The molecule has 3 aromatic rings. The second-order valence-electron chi connectivity index (χ2n) is 9.05. The molecule has 40 heavy (non-hydrogen) atoms. The van der Waals surface area contributed by atoms with Gasteiger partial charge in [0.2, 0.25) is 10.0 Å². The molecular weight excluding hydrogens is 584 g/mol. The van der Waals surface area contributed by atoms with Gasteiger partial charge >= 0.3 is 12.5 Å². The van der Waals surface area contributed by atoms with Crippen LogP contribution in [0.1, 0.15) is 5.56 Å². The average molecular weight is 606 g/mol. The average Bonchev–Trinajstić information content (AvgIpc) is 2.87. The van der Waals surface area contributed by atoms with Gasteiger partial charge in [0.1, 0.15) is 5.75 Å². The number of hydrogen-bond acceptors (Lipinski definition) is 7. The fourth-order valence-electron chi connectivity index (χ4n) is 4.72. The molecule has 2 aliphatic heterocycles. The lowest BCUT2D eigenvalue weighted by Crippen LogP contribution is -2.64. The van der Waals surface area contributed by atoms with Gasteiger partial charge in [0, 0.05) is 22.9 Å². The van der Waals surface area contributed by atoms with E-state index in [9.17, 15) is 39.9 Å². The number of anilines is 2. The van der Waals surface area contributed by atoms with Crippen molar-refractivity contribution >= 4 is 33.2 Å². The number of halogens is 6. The zero-order valence-electron chi connectivity index (χ0n) is 20.2. The van der Waals surface area contributed by atoms with Gasteiger partial charge in [-0.05, 0) is 48.5 Å². The van der Waals surface area contributed by atoms with Crippen LogP contribution in [0, 0.1) is 0 Å². The van der Waals surface area contributed by atoms with Crippen LogP contribution in [0.2, 0.25) is 0 Å². The highest BCUT2D eigenvalue weighted by Crippen LogP contribution is 2.53. The third kappa shape index (κ3) is 5.74. The topological polar surface area (TPSA) is 90.9 Å². The van der Waals surface area contributed by atoms with Crippen molar-refractivity contribution in [3.05, 3.63) is 72.3 Å². The molecule has 2 heterocycles. The fourth-order valence-corrected chi connectivity index (χ4v) is 7.18. The SMILES string of the molecule is O=S(=O)(N[C@@H]1CNC[C@H](N2c3ccccc3Sc3c2cccc3C(F)(F)F)[C@H]1O)c1ccc(OC(F)(F)F)cc1. The summed E-state index contributed by atoms with van der Waals surface area (Å²) in [5, 5.41) is 14.4. The predicted molar refractivity (Wildman–Crippen MR) is 134 cm³/mol. The molecule has 0 bridgehead atoms. The third-order valence-corrected chi connectivity index (χ3v) is 9.13. The Balaban J connectivity index is 1.45. The summed E-state index contributed by atoms with van der Waals surface area (Å²) in [5.74, 6) is -0.607. The van der Waals surface area contributed by atoms with Gasteiger partial charge in [0.15, 0.2) is 0 Å². The molecule has 0 unspecified atom stereocenters. The van der Waals surface area contributed by atoms with Crippen molar-refractivity contribution in [2.75, 3.05) is 18.0 Å². The van der Waals surface area contributed by atoms with Gasteiger partial charge in [-0.3, -0.25) is 0 Å². The number of sulfonamides is 1. The molecule has 0 aliphatic carbocycles. The molecule has 2 aliphatic rings. The molecule has 1 fully saturated rings. The van der Waals surface area contributed by atoms with Crippen LogP contribution in [0.25, 0.3) is 0 Å². The van der Waals surface area contributed by atoms with E-state index in [0.717, 1.165) is 42.1 Å². The number of piperidine rings is 1. The van der Waals surface area contributed by atoms with E-state index in [4.69, 9.17) is 0 Å². The van der Waals surface area contributed by atoms with Crippen molar-refractivity contribution in [1.82, 2.24) is 10.0 Å². The number of fused-ring (bicyclic) bond motifs is 2. The number of ether oxygens (including phenoxy) is 1. The fraction of sp³-hybridized carbons (Fsp3) is 0.280. The Morgan fingerprint density at radius 3 is 2.27 bits per heavy atom. The molecule has 0 amide bonds. The van der Waals surface area contributed by atoms with Crippen LogP contribution in [0.4, 0.5) is 37.7 Å². The Bertz CT molecular complexity index is 1500. The maximum absolute atomic E-state index is 13.9. The lowest BCUT2D eigenvalue weighted by Gasteiger charge is -2.45. The van der Waals surface area contributed by atoms with Crippen molar-refractivity contribution < 1.29 is 44.6 Å². The van der Waals surface area contributed by atoms with E-state index >= 15 is 0 Å². The second-order valence-corrected chi connectivity index (χ2v) is 11.8. The van der Waals surface area contributed by atoms with Crippen molar-refractivity contribution in [3.8, 4) is 5.75 Å². The van der Waals surface area contributed by atoms with Gasteiger partial charge in [-0.15, -0.1) is 13.2 Å². The largest absolute Gasteiger partial charge is 0.573 e. The molecule has 214 valence electrons. The molecule has 0 radical (unpaired) electrons. The van der Waals surface area contributed by atoms with E-state index in [2.05, 4.69) is 14.8 Å². The number of nitrogens with one attached hydrogen (secondary N) is 2. The number of alkyl halides is 6. The lowest BCUT2D eigenvalue weighted by molar-refractivity contribution is -0.274. The molecule has 15 heteroatoms. The molecule has 3 atom stereocenters. The zero-order valence-corrected chi connectivity index (χ0v) is 21.8. The van der Waals surface area contributed by atoms with E-state index in [1.54, 1.807) is 29.2 Å². The Hall–Kier alpha value is -2.98. The summed E-state index contributed by atoms with van der Waals surface area (Å²) in [6.45, 7) is 0.114. The first kappa shape index (κ1) is 28.5. The van der Waals surface area contributed by atoms with E-state index in [1.807, 2.05) is 0 Å². The van der Waals surface area contributed by atoms with E-state index in [-0.39, 0.29) is 28.6 Å². The highest BCUT2D eigenvalue weighted by molar-refractivity contribution is 7.99. The van der Waals surface area contributed by atoms with Crippen molar-refractivity contribution in [3.63, 3.8) is 0 Å². The van der Waals surface area contributed by atoms with Crippen molar-refractivity contribution in [2.24, 2.45) is 0 Å². The molecule has 0 saturated carbocycles. The van der Waals surface area contributed by atoms with Gasteiger partial charge in [-0.2, -0.15) is 13.2 Å². The molecule has 7 nitrogen and oxygen atoms in total. The first-order valence-corrected chi connectivity index (χ1v) is 14.1. The summed E-state index contributed by atoms with van der Waals surface area (Å²) < 4.78 is 111. The number of aliphatic hydroxyl groups is 1. The van der Waals surface area contributed by atoms with Gasteiger partial charge in [0.05, 0.1) is 40.0 Å². The molecular formula is C25H21F6N3O4S2. The van der Waals surface area contributed by atoms with Crippen LogP contribution < -0.4 is 19.7 Å². The lowest BCUT2D eigenvalue weighted by atomic mass is 9.96. The maximum Gasteiger partial charge on any atom is 0.573 e. The van der Waals surface area contributed by atoms with Crippen molar-refractivity contribution in [1.29, 1.82) is 0 Å². The van der Waals surface area contributed by atoms with Crippen LogP contribution >= 0.6 is 11.8 Å². The maximum atomic E-state index is 13.9. The number of rotatable bonds is 5.